The standard InChI is InChI=1S/C17H23N5O/c1-12-8-13(4-5-14(12)22-11-19-10-20-22)16(23)21-7-6-15(18)17(2,3)9-21/h4-5,8,10-11,15H,6-7,9,18H2,1-3H3. The van der Waals surface area contributed by atoms with Gasteiger partial charge in [0.15, 0.2) is 0 Å². The smallest absolute Gasteiger partial charge is 0.253 e. The zero-order chi connectivity index (χ0) is 16.6. The SMILES string of the molecule is Cc1cc(C(=O)N2CCC(N)C(C)(C)C2)ccc1-n1cncn1. The highest BCUT2D eigenvalue weighted by atomic mass is 16.2. The van der Waals surface area contributed by atoms with Crippen LogP contribution in [0.4, 0.5) is 0 Å². The summed E-state index contributed by atoms with van der Waals surface area (Å²) in [6, 6.07) is 5.83. The molecule has 0 saturated carbocycles. The Kier molecular flexibility index (Phi) is 3.93. The Morgan fingerprint density at radius 1 is 1.39 bits per heavy atom. The summed E-state index contributed by atoms with van der Waals surface area (Å²) in [6.07, 6.45) is 3.99. The molecule has 0 aliphatic carbocycles. The highest BCUT2D eigenvalue weighted by molar-refractivity contribution is 5.94. The van der Waals surface area contributed by atoms with Gasteiger partial charge in [0, 0.05) is 24.7 Å². The first-order valence-electron chi connectivity index (χ1n) is 7.89. The Balaban J connectivity index is 1.82. The van der Waals surface area contributed by atoms with Gasteiger partial charge in [-0.15, -0.1) is 0 Å². The lowest BCUT2D eigenvalue weighted by atomic mass is 9.79. The van der Waals surface area contributed by atoms with Gasteiger partial charge in [-0.1, -0.05) is 13.8 Å². The summed E-state index contributed by atoms with van der Waals surface area (Å²) >= 11 is 0. The number of likely N-dealkylation sites (tertiary alicyclic amines) is 1. The third kappa shape index (κ3) is 2.99. The molecule has 2 N–H and O–H groups in total. The lowest BCUT2D eigenvalue weighted by Gasteiger charge is -2.42. The lowest BCUT2D eigenvalue weighted by Crippen LogP contribution is -2.54. The van der Waals surface area contributed by atoms with Gasteiger partial charge in [-0.05, 0) is 42.5 Å². The van der Waals surface area contributed by atoms with E-state index in [2.05, 4.69) is 23.9 Å². The van der Waals surface area contributed by atoms with Gasteiger partial charge in [-0.3, -0.25) is 4.79 Å². The number of nitrogens with two attached hydrogens (primary N) is 1. The van der Waals surface area contributed by atoms with E-state index in [1.54, 1.807) is 11.0 Å². The van der Waals surface area contributed by atoms with Crippen molar-refractivity contribution < 1.29 is 4.79 Å². The molecular formula is C17H23N5O. The van der Waals surface area contributed by atoms with E-state index in [1.807, 2.05) is 30.0 Å². The molecule has 1 atom stereocenters. The van der Waals surface area contributed by atoms with Crippen LogP contribution in [-0.4, -0.2) is 44.7 Å². The number of aromatic nitrogens is 3. The second-order valence-electron chi connectivity index (χ2n) is 6.95. The molecule has 1 fully saturated rings. The zero-order valence-corrected chi connectivity index (χ0v) is 13.9. The van der Waals surface area contributed by atoms with Gasteiger partial charge in [-0.25, -0.2) is 9.67 Å². The molecule has 6 heteroatoms. The number of hydrogen-bond acceptors (Lipinski definition) is 4. The molecule has 1 aromatic heterocycles. The van der Waals surface area contributed by atoms with Crippen molar-refractivity contribution in [2.45, 2.75) is 33.2 Å². The first-order valence-corrected chi connectivity index (χ1v) is 7.89. The number of carbonyl (C=O) groups is 1. The van der Waals surface area contributed by atoms with Crippen molar-refractivity contribution in [1.29, 1.82) is 0 Å². The van der Waals surface area contributed by atoms with Crippen molar-refractivity contribution in [3.8, 4) is 5.69 Å². The minimum absolute atomic E-state index is 0.0520. The topological polar surface area (TPSA) is 77.0 Å². The summed E-state index contributed by atoms with van der Waals surface area (Å²) in [7, 11) is 0. The number of benzene rings is 1. The van der Waals surface area contributed by atoms with E-state index < -0.39 is 0 Å². The second kappa shape index (κ2) is 5.77. The van der Waals surface area contributed by atoms with Crippen molar-refractivity contribution in [2.24, 2.45) is 11.1 Å². The molecule has 2 aromatic rings. The van der Waals surface area contributed by atoms with Crippen molar-refractivity contribution in [2.75, 3.05) is 13.1 Å². The highest BCUT2D eigenvalue weighted by Gasteiger charge is 2.35. The zero-order valence-electron chi connectivity index (χ0n) is 13.9. The Morgan fingerprint density at radius 2 is 2.17 bits per heavy atom. The Bertz CT molecular complexity index is 708. The molecule has 0 bridgehead atoms. The van der Waals surface area contributed by atoms with Gasteiger partial charge in [-0.2, -0.15) is 5.10 Å². The van der Waals surface area contributed by atoms with E-state index in [-0.39, 0.29) is 17.4 Å². The Labute approximate surface area is 136 Å². The normalized spacial score (nSPS) is 20.5. The molecule has 3 rings (SSSR count). The van der Waals surface area contributed by atoms with E-state index in [0.717, 1.165) is 17.7 Å². The minimum Gasteiger partial charge on any atom is -0.338 e. The molecule has 1 aliphatic rings. The van der Waals surface area contributed by atoms with Crippen LogP contribution in [0, 0.1) is 12.3 Å². The number of carbonyl (C=O) groups excluding carboxylic acids is 1. The number of amides is 1. The van der Waals surface area contributed by atoms with Crippen LogP contribution in [0.5, 0.6) is 0 Å². The van der Waals surface area contributed by atoms with Crippen LogP contribution in [0.15, 0.2) is 30.9 Å². The molecule has 6 nitrogen and oxygen atoms in total. The number of piperidine rings is 1. The van der Waals surface area contributed by atoms with Crippen LogP contribution in [0.1, 0.15) is 36.2 Å². The molecule has 1 aliphatic heterocycles. The van der Waals surface area contributed by atoms with E-state index in [1.165, 1.54) is 6.33 Å². The average Bonchev–Trinajstić information content (AvgIpc) is 3.03. The summed E-state index contributed by atoms with van der Waals surface area (Å²) in [6.45, 7) is 7.63. The Hall–Kier alpha value is -2.21. The van der Waals surface area contributed by atoms with Crippen LogP contribution >= 0.6 is 0 Å². The van der Waals surface area contributed by atoms with E-state index >= 15 is 0 Å². The fraction of sp³-hybridized carbons (Fsp3) is 0.471. The van der Waals surface area contributed by atoms with Crippen LogP contribution < -0.4 is 5.73 Å². The van der Waals surface area contributed by atoms with Gasteiger partial charge < -0.3 is 10.6 Å². The molecule has 2 heterocycles. The van der Waals surface area contributed by atoms with E-state index in [9.17, 15) is 4.79 Å². The van der Waals surface area contributed by atoms with E-state index in [0.29, 0.717) is 18.7 Å². The number of aryl methyl sites for hydroxylation is 1. The van der Waals surface area contributed by atoms with Crippen molar-refractivity contribution in [3.63, 3.8) is 0 Å². The summed E-state index contributed by atoms with van der Waals surface area (Å²) in [5, 5.41) is 4.14. The maximum atomic E-state index is 12.8. The monoisotopic (exact) mass is 313 g/mol. The number of nitrogens with zero attached hydrogens (tertiary/aromatic N) is 4. The van der Waals surface area contributed by atoms with Crippen molar-refractivity contribution >= 4 is 5.91 Å². The molecule has 0 radical (unpaired) electrons. The molecular weight excluding hydrogens is 290 g/mol. The van der Waals surface area contributed by atoms with E-state index in [4.69, 9.17) is 5.73 Å². The van der Waals surface area contributed by atoms with Crippen molar-refractivity contribution in [3.05, 3.63) is 42.0 Å². The third-order valence-electron chi connectivity index (χ3n) is 4.71. The number of rotatable bonds is 2. The van der Waals surface area contributed by atoms with Crippen LogP contribution in [0.25, 0.3) is 5.69 Å². The first-order chi connectivity index (χ1) is 10.9. The molecule has 1 unspecified atom stereocenters. The Morgan fingerprint density at radius 3 is 2.78 bits per heavy atom. The van der Waals surface area contributed by atoms with Gasteiger partial charge >= 0.3 is 0 Å². The van der Waals surface area contributed by atoms with Crippen LogP contribution in [0.2, 0.25) is 0 Å². The highest BCUT2D eigenvalue weighted by Crippen LogP contribution is 2.29. The molecule has 0 spiro atoms. The largest absolute Gasteiger partial charge is 0.338 e. The quantitative estimate of drug-likeness (QED) is 0.917. The molecule has 1 aromatic carbocycles. The summed E-state index contributed by atoms with van der Waals surface area (Å²) in [4.78, 5) is 18.7. The molecule has 1 amide bonds. The minimum atomic E-state index is -0.0520. The van der Waals surface area contributed by atoms with Crippen LogP contribution in [-0.2, 0) is 0 Å². The van der Waals surface area contributed by atoms with Crippen LogP contribution in [0.3, 0.4) is 0 Å². The van der Waals surface area contributed by atoms with Crippen molar-refractivity contribution in [1.82, 2.24) is 19.7 Å². The fourth-order valence-electron chi connectivity index (χ4n) is 3.11. The van der Waals surface area contributed by atoms with Gasteiger partial charge in [0.1, 0.15) is 12.7 Å². The summed E-state index contributed by atoms with van der Waals surface area (Å²) < 4.78 is 1.70. The molecule has 1 saturated heterocycles. The second-order valence-corrected chi connectivity index (χ2v) is 6.95. The van der Waals surface area contributed by atoms with Gasteiger partial charge in [0.05, 0.1) is 5.69 Å². The third-order valence-corrected chi connectivity index (χ3v) is 4.71. The lowest BCUT2D eigenvalue weighted by molar-refractivity contribution is 0.0533. The summed E-state index contributed by atoms with van der Waals surface area (Å²) in [5.74, 6) is 0.0678. The first kappa shape index (κ1) is 15.7. The molecule has 23 heavy (non-hydrogen) atoms. The predicted octanol–water partition coefficient (Wildman–Crippen LogP) is 1.78. The maximum absolute atomic E-state index is 12.8. The predicted molar refractivity (Wildman–Crippen MR) is 88.4 cm³/mol. The van der Waals surface area contributed by atoms with Gasteiger partial charge in [0.25, 0.3) is 5.91 Å². The number of hydrogen-bond donors (Lipinski definition) is 1. The van der Waals surface area contributed by atoms with Gasteiger partial charge in [0.2, 0.25) is 0 Å². The fourth-order valence-corrected chi connectivity index (χ4v) is 3.11. The average molecular weight is 313 g/mol. The summed E-state index contributed by atoms with van der Waals surface area (Å²) in [5.41, 5.74) is 8.74. The maximum Gasteiger partial charge on any atom is 0.253 e. The molecule has 122 valence electrons.